The van der Waals surface area contributed by atoms with E-state index in [0.29, 0.717) is 31.6 Å². The van der Waals surface area contributed by atoms with Crippen LogP contribution in [0.25, 0.3) is 0 Å². The van der Waals surface area contributed by atoms with Gasteiger partial charge in [-0.25, -0.2) is 9.13 Å². The molecule has 2 unspecified atom stereocenters. The van der Waals surface area contributed by atoms with Gasteiger partial charge in [0.15, 0.2) is 12.2 Å². The predicted octanol–water partition coefficient (Wildman–Crippen LogP) is 16.9. The molecule has 0 aromatic heterocycles. The van der Waals surface area contributed by atoms with E-state index in [1.54, 1.807) is 0 Å². The summed E-state index contributed by atoms with van der Waals surface area (Å²) in [6.45, 7) is 9.33. The third kappa shape index (κ3) is 56.9. The van der Waals surface area contributed by atoms with Gasteiger partial charge in [0.2, 0.25) is 0 Å². The number of phosphoric ester groups is 2. The fraction of sp³-hybridized carbons (Fsp3) is 0.935. The Bertz CT molecular complexity index is 1600. The SMILES string of the molecule is CCCCCCCCCCC(=O)O[C@H](COC(=O)CCCCCCC)COP(=O)(O)OC[C@H](O)COP(=O)(O)OC[C@@H](COC(=O)CCCCCCCCCC(C)C)OC(=O)CCCCCCCCCCCCCCCCCC(C)C. The number of aliphatic hydroxyl groups excluding tert-OH is 1. The highest BCUT2D eigenvalue weighted by atomic mass is 31.2. The zero-order chi connectivity index (χ0) is 60.1. The van der Waals surface area contributed by atoms with Crippen LogP contribution in [0.4, 0.5) is 0 Å². The number of esters is 4. The molecule has 5 atom stereocenters. The molecule has 0 fully saturated rings. The van der Waals surface area contributed by atoms with Crippen molar-refractivity contribution in [2.24, 2.45) is 11.8 Å². The summed E-state index contributed by atoms with van der Waals surface area (Å²) in [5.74, 6) is -0.643. The highest BCUT2D eigenvalue weighted by Crippen LogP contribution is 2.45. The van der Waals surface area contributed by atoms with Crippen LogP contribution in [0.1, 0.15) is 305 Å². The van der Waals surface area contributed by atoms with Crippen LogP contribution in [0.15, 0.2) is 0 Å². The second kappa shape index (κ2) is 54.7. The van der Waals surface area contributed by atoms with Crippen molar-refractivity contribution < 1.29 is 80.2 Å². The summed E-state index contributed by atoms with van der Waals surface area (Å²) >= 11 is 0. The molecule has 0 radical (unpaired) electrons. The lowest BCUT2D eigenvalue weighted by molar-refractivity contribution is -0.161. The van der Waals surface area contributed by atoms with E-state index in [1.807, 2.05) is 0 Å². The normalized spacial score (nSPS) is 14.4. The van der Waals surface area contributed by atoms with Crippen LogP contribution in [0.5, 0.6) is 0 Å². The molecule has 0 aromatic carbocycles. The highest BCUT2D eigenvalue weighted by molar-refractivity contribution is 7.47. The molecule has 0 aliphatic heterocycles. The topological polar surface area (TPSA) is 237 Å². The molecule has 17 nitrogen and oxygen atoms in total. The van der Waals surface area contributed by atoms with Crippen LogP contribution in [0, 0.1) is 11.8 Å². The summed E-state index contributed by atoms with van der Waals surface area (Å²) in [5, 5.41) is 10.5. The van der Waals surface area contributed by atoms with Gasteiger partial charge in [-0.05, 0) is 37.5 Å². The Hall–Kier alpha value is -1.94. The lowest BCUT2D eigenvalue weighted by Gasteiger charge is -2.21. The monoisotopic (exact) mass is 1200 g/mol. The summed E-state index contributed by atoms with van der Waals surface area (Å²) in [5.41, 5.74) is 0. The van der Waals surface area contributed by atoms with E-state index in [9.17, 15) is 43.2 Å². The minimum Gasteiger partial charge on any atom is -0.462 e. The second-order valence-corrected chi connectivity index (χ2v) is 26.3. The number of hydrogen-bond donors (Lipinski definition) is 3. The van der Waals surface area contributed by atoms with Crippen molar-refractivity contribution in [3.8, 4) is 0 Å². The summed E-state index contributed by atoms with van der Waals surface area (Å²) in [6, 6.07) is 0. The van der Waals surface area contributed by atoms with Crippen LogP contribution < -0.4 is 0 Å². The van der Waals surface area contributed by atoms with Crippen LogP contribution in [0.3, 0.4) is 0 Å². The number of ether oxygens (including phenoxy) is 4. The Balaban J connectivity index is 5.12. The van der Waals surface area contributed by atoms with Crippen molar-refractivity contribution in [3.05, 3.63) is 0 Å². The molecule has 480 valence electrons. The van der Waals surface area contributed by atoms with Gasteiger partial charge in [-0.2, -0.15) is 0 Å². The zero-order valence-electron chi connectivity index (χ0n) is 52.1. The van der Waals surface area contributed by atoms with Crippen LogP contribution in [-0.4, -0.2) is 96.7 Å². The molecular formula is C62H120O17P2. The molecule has 0 amide bonds. The Morgan fingerprint density at radius 3 is 0.840 bits per heavy atom. The number of rotatable bonds is 61. The summed E-state index contributed by atoms with van der Waals surface area (Å²) in [6.07, 6.45) is 36.8. The first kappa shape index (κ1) is 79.1. The molecule has 0 saturated carbocycles. The van der Waals surface area contributed by atoms with Crippen molar-refractivity contribution in [3.63, 3.8) is 0 Å². The predicted molar refractivity (Wildman–Crippen MR) is 321 cm³/mol. The van der Waals surface area contributed by atoms with Crippen molar-refractivity contribution in [2.45, 2.75) is 323 Å². The number of unbranched alkanes of at least 4 members (excludes halogenated alkanes) is 31. The van der Waals surface area contributed by atoms with Gasteiger partial charge in [0, 0.05) is 25.7 Å². The third-order valence-electron chi connectivity index (χ3n) is 14.2. The smallest absolute Gasteiger partial charge is 0.462 e. The summed E-state index contributed by atoms with van der Waals surface area (Å²) < 4.78 is 67.6. The van der Waals surface area contributed by atoms with Gasteiger partial charge in [0.1, 0.15) is 19.3 Å². The van der Waals surface area contributed by atoms with Gasteiger partial charge in [-0.3, -0.25) is 37.3 Å². The number of phosphoric acid groups is 2. The van der Waals surface area contributed by atoms with E-state index in [0.717, 1.165) is 115 Å². The molecule has 81 heavy (non-hydrogen) atoms. The van der Waals surface area contributed by atoms with E-state index in [2.05, 4.69) is 41.5 Å². The third-order valence-corrected chi connectivity index (χ3v) is 16.1. The van der Waals surface area contributed by atoms with Gasteiger partial charge in [-0.15, -0.1) is 0 Å². The molecule has 3 N–H and O–H groups in total. The van der Waals surface area contributed by atoms with E-state index in [1.165, 1.54) is 103 Å². The van der Waals surface area contributed by atoms with Gasteiger partial charge >= 0.3 is 39.5 Å². The Morgan fingerprint density at radius 1 is 0.333 bits per heavy atom. The molecule has 0 bridgehead atoms. The molecule has 0 aliphatic rings. The number of carbonyl (C=O) groups excluding carboxylic acids is 4. The number of hydrogen-bond acceptors (Lipinski definition) is 15. The highest BCUT2D eigenvalue weighted by Gasteiger charge is 2.30. The molecule has 19 heteroatoms. The van der Waals surface area contributed by atoms with Crippen molar-refractivity contribution in [1.82, 2.24) is 0 Å². The van der Waals surface area contributed by atoms with Crippen molar-refractivity contribution in [2.75, 3.05) is 39.6 Å². The maximum Gasteiger partial charge on any atom is 0.472 e. The first-order valence-electron chi connectivity index (χ1n) is 32.5. The van der Waals surface area contributed by atoms with Crippen molar-refractivity contribution >= 4 is 39.5 Å². The average Bonchev–Trinajstić information content (AvgIpc) is 3.42. The van der Waals surface area contributed by atoms with Crippen LogP contribution >= 0.6 is 15.6 Å². The molecule has 0 spiro atoms. The average molecular weight is 1200 g/mol. The maximum atomic E-state index is 13.0. The molecule has 0 aromatic rings. The second-order valence-electron chi connectivity index (χ2n) is 23.4. The largest absolute Gasteiger partial charge is 0.472 e. The van der Waals surface area contributed by atoms with Crippen LogP contribution in [0.2, 0.25) is 0 Å². The van der Waals surface area contributed by atoms with E-state index in [4.69, 9.17) is 37.0 Å². The van der Waals surface area contributed by atoms with E-state index in [-0.39, 0.29) is 25.7 Å². The van der Waals surface area contributed by atoms with Crippen molar-refractivity contribution in [1.29, 1.82) is 0 Å². The molecule has 0 heterocycles. The van der Waals surface area contributed by atoms with Crippen LogP contribution in [-0.2, 0) is 65.4 Å². The first-order chi connectivity index (χ1) is 38.9. The lowest BCUT2D eigenvalue weighted by Crippen LogP contribution is -2.30. The van der Waals surface area contributed by atoms with Gasteiger partial charge < -0.3 is 33.8 Å². The summed E-state index contributed by atoms with van der Waals surface area (Å²) in [7, 11) is -9.87. The fourth-order valence-electron chi connectivity index (χ4n) is 9.18. The van der Waals surface area contributed by atoms with Gasteiger partial charge in [0.25, 0.3) is 0 Å². The Kier molecular flexibility index (Phi) is 53.4. The maximum absolute atomic E-state index is 13.0. The minimum absolute atomic E-state index is 0.104. The molecule has 0 rings (SSSR count). The fourth-order valence-corrected chi connectivity index (χ4v) is 10.8. The number of aliphatic hydroxyl groups is 1. The first-order valence-corrected chi connectivity index (χ1v) is 35.5. The quantitative estimate of drug-likeness (QED) is 0.0222. The molecule has 0 saturated heterocycles. The number of carbonyl (C=O) groups is 4. The summed E-state index contributed by atoms with van der Waals surface area (Å²) in [4.78, 5) is 71.8. The Morgan fingerprint density at radius 2 is 0.568 bits per heavy atom. The standard InChI is InChI=1S/C62H120O17P2/c1-7-9-11-13-14-27-34-40-46-61(66)78-57(50-72-59(64)44-38-30-12-10-8-2)52-76-80(68,69)74-48-56(63)49-75-81(70,71)77-53-58(51-73-60(65)45-39-33-29-24-26-32-37-43-55(5)6)79-62(67)47-41-35-28-23-21-19-17-15-16-18-20-22-25-31-36-42-54(3)4/h54-58,63H,7-53H2,1-6H3,(H,68,69)(H,70,71)/t56-,57+,58+/m0/s1. The van der Waals surface area contributed by atoms with E-state index < -0.39 is 97.5 Å². The lowest BCUT2D eigenvalue weighted by atomic mass is 10.0. The van der Waals surface area contributed by atoms with Gasteiger partial charge in [0.05, 0.1) is 26.4 Å². The van der Waals surface area contributed by atoms with Gasteiger partial charge in [-0.1, -0.05) is 253 Å². The Labute approximate surface area is 492 Å². The molecular weight excluding hydrogens is 1080 g/mol. The molecule has 0 aliphatic carbocycles. The zero-order valence-corrected chi connectivity index (χ0v) is 53.9. The van der Waals surface area contributed by atoms with E-state index >= 15 is 0 Å². The minimum atomic E-state index is -4.94.